The van der Waals surface area contributed by atoms with Crippen molar-refractivity contribution in [3.05, 3.63) is 36.9 Å². The normalized spacial score (nSPS) is 9.00. The number of aromatic nitrogens is 2. The Bertz CT molecular complexity index is 217. The molecule has 0 spiro atoms. The van der Waals surface area contributed by atoms with Crippen molar-refractivity contribution >= 4 is 0 Å². The molecular weight excluding hydrogens is 124 g/mol. The molecule has 0 N–H and O–H groups in total. The van der Waals surface area contributed by atoms with Gasteiger partial charge >= 0.3 is 0 Å². The Morgan fingerprint density at radius 3 is 1.50 bits per heavy atom. The monoisotopic (exact) mass is 136 g/mol. The molecule has 0 unspecified atom stereocenters. The van der Waals surface area contributed by atoms with E-state index in [1.807, 2.05) is 60.1 Å². The first kappa shape index (κ1) is 6.93. The second-order valence-electron chi connectivity index (χ2n) is 2.31. The van der Waals surface area contributed by atoms with Crippen LogP contribution in [0.25, 0.3) is 0 Å². The zero-order valence-corrected chi connectivity index (χ0v) is 6.36. The Morgan fingerprint density at radius 1 is 0.700 bits per heavy atom. The predicted octanol–water partition coefficient (Wildman–Crippen LogP) is 1.49. The highest BCUT2D eigenvalue weighted by atomic mass is 14.9. The summed E-state index contributed by atoms with van der Waals surface area (Å²) in [5.74, 6) is 0. The van der Waals surface area contributed by atoms with Crippen molar-refractivity contribution in [1.29, 1.82) is 0 Å². The van der Waals surface area contributed by atoms with Gasteiger partial charge in [-0.2, -0.15) is 0 Å². The first-order valence-corrected chi connectivity index (χ1v) is 3.26. The van der Waals surface area contributed by atoms with E-state index in [2.05, 4.69) is 0 Å². The number of rotatable bonds is 0. The largest absolute Gasteiger partial charge is 0.356 e. The minimum atomic E-state index is 2.00. The fourth-order valence-electron chi connectivity index (χ4n) is 0.681. The molecule has 54 valence electrons. The van der Waals surface area contributed by atoms with Crippen molar-refractivity contribution in [2.75, 3.05) is 0 Å². The van der Waals surface area contributed by atoms with Crippen LogP contribution in [0.1, 0.15) is 0 Å². The van der Waals surface area contributed by atoms with Gasteiger partial charge in [-0.05, 0) is 12.1 Å². The third-order valence-electron chi connectivity index (χ3n) is 1.29. The molecule has 0 radical (unpaired) electrons. The first-order chi connectivity index (χ1) is 4.79. The molecule has 0 saturated carbocycles. The second kappa shape index (κ2) is 3.11. The fraction of sp³-hybridized carbons (Fsp3) is 0.250. The molecule has 10 heavy (non-hydrogen) atoms. The highest BCUT2D eigenvalue weighted by molar-refractivity contribution is 4.86. The van der Waals surface area contributed by atoms with Crippen LogP contribution in [0.2, 0.25) is 0 Å². The van der Waals surface area contributed by atoms with Gasteiger partial charge in [-0.25, -0.2) is 0 Å². The van der Waals surface area contributed by atoms with Gasteiger partial charge in [0.25, 0.3) is 0 Å². The lowest BCUT2D eigenvalue weighted by Gasteiger charge is -1.95. The summed E-state index contributed by atoms with van der Waals surface area (Å²) in [4.78, 5) is 0. The zero-order chi connectivity index (χ0) is 7.40. The third-order valence-corrected chi connectivity index (χ3v) is 1.29. The summed E-state index contributed by atoms with van der Waals surface area (Å²) in [6.07, 6.45) is 8.00. The fourth-order valence-corrected chi connectivity index (χ4v) is 0.681. The summed E-state index contributed by atoms with van der Waals surface area (Å²) in [7, 11) is 4.00. The molecule has 0 aromatic carbocycles. The molecule has 1 rings (SSSR count). The number of aryl methyl sites for hydroxylation is 2. The summed E-state index contributed by atoms with van der Waals surface area (Å²) in [6, 6.07) is 4.00. The molecule has 2 nitrogen and oxygen atoms in total. The van der Waals surface area contributed by atoms with E-state index in [1.54, 1.807) is 0 Å². The molecule has 0 fully saturated rings. The Labute approximate surface area is 61.0 Å². The van der Waals surface area contributed by atoms with Crippen molar-refractivity contribution in [3.63, 3.8) is 0 Å². The third kappa shape index (κ3) is 1.97. The first-order valence-electron chi connectivity index (χ1n) is 3.26. The van der Waals surface area contributed by atoms with Crippen molar-refractivity contribution in [1.82, 2.24) is 9.13 Å². The summed E-state index contributed by atoms with van der Waals surface area (Å²) in [5, 5.41) is 0. The van der Waals surface area contributed by atoms with E-state index in [0.717, 1.165) is 0 Å². The van der Waals surface area contributed by atoms with Gasteiger partial charge in [0, 0.05) is 38.9 Å². The topological polar surface area (TPSA) is 9.86 Å². The van der Waals surface area contributed by atoms with Crippen molar-refractivity contribution in [2.45, 2.75) is 0 Å². The van der Waals surface area contributed by atoms with Crippen molar-refractivity contribution < 1.29 is 0 Å². The van der Waals surface area contributed by atoms with E-state index in [9.17, 15) is 0 Å². The van der Waals surface area contributed by atoms with Crippen LogP contribution < -0.4 is 0 Å². The highest BCUT2D eigenvalue weighted by Crippen LogP contribution is 1.81. The quantitative estimate of drug-likeness (QED) is 0.511. The molecule has 0 amide bonds. The van der Waals surface area contributed by atoms with E-state index in [4.69, 9.17) is 0 Å². The lowest BCUT2D eigenvalue weighted by Crippen LogP contribution is -1.88. The van der Waals surface area contributed by atoms with Gasteiger partial charge in [0.15, 0.2) is 0 Å². The van der Waals surface area contributed by atoms with Gasteiger partial charge in [-0.1, -0.05) is 0 Å². The lowest BCUT2D eigenvalue weighted by atomic mass is 10.6. The van der Waals surface area contributed by atoms with E-state index in [1.165, 1.54) is 0 Å². The highest BCUT2D eigenvalue weighted by Gasteiger charge is 1.70. The van der Waals surface area contributed by atoms with E-state index >= 15 is 0 Å². The predicted molar refractivity (Wildman–Crippen MR) is 42.0 cm³/mol. The molecule has 0 saturated heterocycles. The Hall–Kier alpha value is -1.18. The molecule has 0 atom stereocenters. The van der Waals surface area contributed by atoms with E-state index in [0.29, 0.717) is 0 Å². The summed E-state index contributed by atoms with van der Waals surface area (Å²) in [5.41, 5.74) is 0. The van der Waals surface area contributed by atoms with Crippen molar-refractivity contribution in [3.8, 4) is 0 Å². The van der Waals surface area contributed by atoms with Crippen LogP contribution in [-0.4, -0.2) is 9.13 Å². The summed E-state index contributed by atoms with van der Waals surface area (Å²) in [6.45, 7) is 0. The molecular formula is C8H12N2. The average molecular weight is 136 g/mol. The molecule has 1 aromatic rings. The van der Waals surface area contributed by atoms with Gasteiger partial charge in [0.1, 0.15) is 0 Å². The van der Waals surface area contributed by atoms with Crippen LogP contribution >= 0.6 is 0 Å². The maximum absolute atomic E-state index is 2.00. The standard InChI is InChI=1S/C8H12N2/c1-9-5-3-4-6-10(2)8-7-9/h3-8H,1-2H3. The van der Waals surface area contributed by atoms with Crippen LogP contribution in [0, 0.1) is 0 Å². The van der Waals surface area contributed by atoms with Crippen LogP contribution in [0.3, 0.4) is 0 Å². The van der Waals surface area contributed by atoms with Gasteiger partial charge in [0.2, 0.25) is 0 Å². The smallest absolute Gasteiger partial charge is 0.0194 e. The van der Waals surface area contributed by atoms with Crippen LogP contribution in [-0.2, 0) is 14.1 Å². The van der Waals surface area contributed by atoms with Crippen LogP contribution in [0.4, 0.5) is 0 Å². The van der Waals surface area contributed by atoms with Gasteiger partial charge in [0.05, 0.1) is 0 Å². The number of hydrogen-bond acceptors (Lipinski definition) is 0. The van der Waals surface area contributed by atoms with Crippen LogP contribution in [0.5, 0.6) is 0 Å². The molecule has 2 heteroatoms. The number of hydrogen-bond donors (Lipinski definition) is 0. The maximum atomic E-state index is 2.00. The van der Waals surface area contributed by atoms with Gasteiger partial charge in [-0.3, -0.25) is 0 Å². The summed E-state index contributed by atoms with van der Waals surface area (Å²) < 4.78 is 4.00. The van der Waals surface area contributed by atoms with Gasteiger partial charge < -0.3 is 9.13 Å². The minimum Gasteiger partial charge on any atom is -0.356 e. The Balaban J connectivity index is 3.16. The van der Waals surface area contributed by atoms with Crippen molar-refractivity contribution in [2.24, 2.45) is 14.1 Å². The zero-order valence-electron chi connectivity index (χ0n) is 6.36. The maximum Gasteiger partial charge on any atom is 0.0194 e. The van der Waals surface area contributed by atoms with E-state index in [-0.39, 0.29) is 0 Å². The lowest BCUT2D eigenvalue weighted by molar-refractivity contribution is 0.850. The Kier molecular flexibility index (Phi) is 2.15. The number of nitrogens with zero attached hydrogens (tertiary/aromatic N) is 2. The molecule has 0 aliphatic heterocycles. The van der Waals surface area contributed by atoms with Gasteiger partial charge in [-0.15, -0.1) is 0 Å². The average Bonchev–Trinajstić information content (AvgIpc) is 1.90. The molecule has 0 aliphatic rings. The molecule has 1 heterocycles. The molecule has 1 aromatic heterocycles. The molecule has 0 bridgehead atoms. The van der Waals surface area contributed by atoms with Crippen LogP contribution in [0.15, 0.2) is 36.9 Å². The minimum absolute atomic E-state index is 2.00. The van der Waals surface area contributed by atoms with E-state index < -0.39 is 0 Å². The summed E-state index contributed by atoms with van der Waals surface area (Å²) >= 11 is 0. The SMILES string of the molecule is Cn1ccccn(C)cc1. The molecule has 0 aliphatic carbocycles. The second-order valence-corrected chi connectivity index (χ2v) is 2.31. The Morgan fingerprint density at radius 2 is 1.10 bits per heavy atom.